The van der Waals surface area contributed by atoms with Gasteiger partial charge in [-0.05, 0) is 35.9 Å². The van der Waals surface area contributed by atoms with Gasteiger partial charge in [-0.25, -0.2) is 0 Å². The summed E-state index contributed by atoms with van der Waals surface area (Å²) >= 11 is 0. The highest BCUT2D eigenvalue weighted by molar-refractivity contribution is 7.83. The number of hydrogen-bond donors (Lipinski definition) is 1. The van der Waals surface area contributed by atoms with Crippen molar-refractivity contribution in [2.24, 2.45) is 0 Å². The Morgan fingerprint density at radius 3 is 2.38 bits per heavy atom. The summed E-state index contributed by atoms with van der Waals surface area (Å²) in [5.41, 5.74) is 2.40. The molecule has 0 spiro atoms. The Morgan fingerprint density at radius 1 is 1.04 bits per heavy atom. The van der Waals surface area contributed by atoms with Crippen molar-refractivity contribution in [2.45, 2.75) is 5.75 Å². The van der Waals surface area contributed by atoms with Gasteiger partial charge in [-0.2, -0.15) is 0 Å². The van der Waals surface area contributed by atoms with Crippen molar-refractivity contribution in [1.29, 1.82) is 0 Å². The molecule has 0 aliphatic heterocycles. The summed E-state index contributed by atoms with van der Waals surface area (Å²) in [6.45, 7) is 0. The highest BCUT2D eigenvalue weighted by Crippen LogP contribution is 2.14. The third-order valence-electron chi connectivity index (χ3n) is 3.33. The lowest BCUT2D eigenvalue weighted by Crippen LogP contribution is -2.22. The quantitative estimate of drug-likeness (QED) is 0.906. The number of anilines is 1. The highest BCUT2D eigenvalue weighted by atomic mass is 32.2. The SMILES string of the molecule is CN(C)C(=O)c1cccc(NC(=O)c2cccc(CS(C)=O)c2)c1. The second-order valence-corrected chi connectivity index (χ2v) is 7.09. The van der Waals surface area contributed by atoms with Crippen LogP contribution in [0.5, 0.6) is 0 Å². The van der Waals surface area contributed by atoms with E-state index < -0.39 is 10.8 Å². The van der Waals surface area contributed by atoms with Crippen LogP contribution in [0.15, 0.2) is 48.5 Å². The Morgan fingerprint density at radius 2 is 1.71 bits per heavy atom. The lowest BCUT2D eigenvalue weighted by Gasteiger charge is -2.12. The largest absolute Gasteiger partial charge is 0.345 e. The number of nitrogens with zero attached hydrogens (tertiary/aromatic N) is 1. The second-order valence-electron chi connectivity index (χ2n) is 5.65. The molecule has 2 rings (SSSR count). The molecule has 0 saturated heterocycles. The first-order valence-corrected chi connectivity index (χ1v) is 9.11. The fraction of sp³-hybridized carbons (Fsp3) is 0.222. The van der Waals surface area contributed by atoms with E-state index in [9.17, 15) is 13.8 Å². The molecule has 1 atom stereocenters. The van der Waals surface area contributed by atoms with E-state index >= 15 is 0 Å². The fourth-order valence-electron chi connectivity index (χ4n) is 2.23. The van der Waals surface area contributed by atoms with Crippen molar-refractivity contribution in [3.8, 4) is 0 Å². The molecule has 0 bridgehead atoms. The summed E-state index contributed by atoms with van der Waals surface area (Å²) in [7, 11) is 2.39. The van der Waals surface area contributed by atoms with Crippen molar-refractivity contribution < 1.29 is 13.8 Å². The molecule has 0 saturated carbocycles. The maximum atomic E-state index is 12.4. The zero-order valence-electron chi connectivity index (χ0n) is 13.9. The summed E-state index contributed by atoms with van der Waals surface area (Å²) in [6.07, 6.45) is 1.63. The molecule has 24 heavy (non-hydrogen) atoms. The van der Waals surface area contributed by atoms with E-state index in [2.05, 4.69) is 5.32 Å². The van der Waals surface area contributed by atoms with Crippen LogP contribution in [-0.4, -0.2) is 41.3 Å². The van der Waals surface area contributed by atoms with Gasteiger partial charge in [0.15, 0.2) is 0 Å². The number of hydrogen-bond acceptors (Lipinski definition) is 3. The van der Waals surface area contributed by atoms with Gasteiger partial charge in [0.2, 0.25) is 0 Å². The molecule has 1 unspecified atom stereocenters. The van der Waals surface area contributed by atoms with Crippen molar-refractivity contribution in [2.75, 3.05) is 25.7 Å². The summed E-state index contributed by atoms with van der Waals surface area (Å²) in [6, 6.07) is 13.8. The molecule has 6 heteroatoms. The molecule has 0 aliphatic rings. The monoisotopic (exact) mass is 344 g/mol. The molecule has 0 fully saturated rings. The Balaban J connectivity index is 2.16. The molecule has 0 heterocycles. The van der Waals surface area contributed by atoms with E-state index in [0.29, 0.717) is 22.6 Å². The van der Waals surface area contributed by atoms with E-state index in [1.165, 1.54) is 4.90 Å². The molecule has 0 radical (unpaired) electrons. The molecule has 2 amide bonds. The molecule has 0 aromatic heterocycles. The predicted octanol–water partition coefficient (Wildman–Crippen LogP) is 2.52. The van der Waals surface area contributed by atoms with Crippen LogP contribution < -0.4 is 5.32 Å². The fourth-order valence-corrected chi connectivity index (χ4v) is 2.88. The number of rotatable bonds is 5. The number of nitrogens with one attached hydrogen (secondary N) is 1. The van der Waals surface area contributed by atoms with Gasteiger partial charge in [-0.3, -0.25) is 13.8 Å². The van der Waals surface area contributed by atoms with Crippen LogP contribution in [-0.2, 0) is 16.6 Å². The standard InChI is InChI=1S/C18H20N2O3S/c1-20(2)18(22)15-8-5-9-16(11-15)19-17(21)14-7-4-6-13(10-14)12-24(3)23/h4-11H,12H2,1-3H3,(H,19,21). The topological polar surface area (TPSA) is 66.5 Å². The van der Waals surface area contributed by atoms with E-state index in [4.69, 9.17) is 0 Å². The third-order valence-corrected chi connectivity index (χ3v) is 4.07. The minimum Gasteiger partial charge on any atom is -0.345 e. The minimum atomic E-state index is -0.963. The molecule has 126 valence electrons. The first-order chi connectivity index (χ1) is 11.4. The van der Waals surface area contributed by atoms with Crippen LogP contribution in [0.4, 0.5) is 5.69 Å². The van der Waals surface area contributed by atoms with Crippen LogP contribution >= 0.6 is 0 Å². The van der Waals surface area contributed by atoms with Gasteiger partial charge in [0.25, 0.3) is 11.8 Å². The van der Waals surface area contributed by atoms with Crippen LogP contribution in [0.1, 0.15) is 26.3 Å². The van der Waals surface area contributed by atoms with Crippen molar-refractivity contribution in [3.05, 3.63) is 65.2 Å². The van der Waals surface area contributed by atoms with Gasteiger partial charge < -0.3 is 10.2 Å². The molecular formula is C18H20N2O3S. The zero-order chi connectivity index (χ0) is 17.7. The van der Waals surface area contributed by atoms with Crippen molar-refractivity contribution >= 4 is 28.3 Å². The van der Waals surface area contributed by atoms with Crippen LogP contribution in [0.25, 0.3) is 0 Å². The second kappa shape index (κ2) is 7.88. The third kappa shape index (κ3) is 4.76. The van der Waals surface area contributed by atoms with Gasteiger partial charge in [0.1, 0.15) is 0 Å². The van der Waals surface area contributed by atoms with Gasteiger partial charge >= 0.3 is 0 Å². The highest BCUT2D eigenvalue weighted by Gasteiger charge is 2.11. The molecule has 2 aromatic rings. The molecule has 0 aliphatic carbocycles. The Labute approximate surface area is 144 Å². The number of benzene rings is 2. The summed E-state index contributed by atoms with van der Waals surface area (Å²) < 4.78 is 11.3. The van der Waals surface area contributed by atoms with Crippen molar-refractivity contribution in [1.82, 2.24) is 4.90 Å². The average Bonchev–Trinajstić information content (AvgIpc) is 2.54. The van der Waals surface area contributed by atoms with Gasteiger partial charge in [0, 0.05) is 53.7 Å². The van der Waals surface area contributed by atoms with Gasteiger partial charge in [-0.15, -0.1) is 0 Å². The number of carbonyl (C=O) groups excluding carboxylic acids is 2. The predicted molar refractivity (Wildman–Crippen MR) is 96.6 cm³/mol. The zero-order valence-corrected chi connectivity index (χ0v) is 14.7. The van der Waals surface area contributed by atoms with Crippen LogP contribution in [0, 0.1) is 0 Å². The first kappa shape index (κ1) is 17.9. The molecule has 2 aromatic carbocycles. The lowest BCUT2D eigenvalue weighted by atomic mass is 10.1. The first-order valence-electron chi connectivity index (χ1n) is 7.39. The number of carbonyl (C=O) groups is 2. The Hall–Kier alpha value is -2.47. The van der Waals surface area contributed by atoms with E-state index in [-0.39, 0.29) is 11.8 Å². The van der Waals surface area contributed by atoms with E-state index in [1.807, 2.05) is 6.07 Å². The average molecular weight is 344 g/mol. The van der Waals surface area contributed by atoms with Gasteiger partial charge in [-0.1, -0.05) is 18.2 Å². The van der Waals surface area contributed by atoms with E-state index in [0.717, 1.165) is 5.56 Å². The molecule has 5 nitrogen and oxygen atoms in total. The van der Waals surface area contributed by atoms with E-state index in [1.54, 1.807) is 62.8 Å². The maximum Gasteiger partial charge on any atom is 0.255 e. The lowest BCUT2D eigenvalue weighted by molar-refractivity contribution is 0.0827. The van der Waals surface area contributed by atoms with Crippen molar-refractivity contribution in [3.63, 3.8) is 0 Å². The summed E-state index contributed by atoms with van der Waals surface area (Å²) in [5.74, 6) is 0.0141. The molecule has 1 N–H and O–H groups in total. The summed E-state index contributed by atoms with van der Waals surface area (Å²) in [4.78, 5) is 25.9. The normalized spacial score (nSPS) is 11.6. The molecular weight excluding hydrogens is 324 g/mol. The number of amides is 2. The van der Waals surface area contributed by atoms with Gasteiger partial charge in [0.05, 0.1) is 0 Å². The Kier molecular flexibility index (Phi) is 5.87. The maximum absolute atomic E-state index is 12.4. The summed E-state index contributed by atoms with van der Waals surface area (Å²) in [5, 5.41) is 2.79. The minimum absolute atomic E-state index is 0.126. The van der Waals surface area contributed by atoms with Crippen LogP contribution in [0.2, 0.25) is 0 Å². The Bertz CT molecular complexity index is 787. The smallest absolute Gasteiger partial charge is 0.255 e. The van der Waals surface area contributed by atoms with Crippen LogP contribution in [0.3, 0.4) is 0 Å².